The van der Waals surface area contributed by atoms with Crippen LogP contribution in [0.5, 0.6) is 11.6 Å². The Balaban J connectivity index is 1.50. The summed E-state index contributed by atoms with van der Waals surface area (Å²) in [5, 5.41) is 2.83. The number of benzene rings is 2. The van der Waals surface area contributed by atoms with Crippen molar-refractivity contribution in [3.63, 3.8) is 0 Å². The topological polar surface area (TPSA) is 92.8 Å². The van der Waals surface area contributed by atoms with E-state index in [1.165, 1.54) is 0 Å². The van der Waals surface area contributed by atoms with Crippen LogP contribution in [0.4, 0.5) is 5.69 Å². The highest BCUT2D eigenvalue weighted by molar-refractivity contribution is 6.03. The van der Waals surface area contributed by atoms with Crippen LogP contribution in [0.15, 0.2) is 91.4 Å². The van der Waals surface area contributed by atoms with Crippen LogP contribution in [0.25, 0.3) is 33.4 Å². The van der Waals surface area contributed by atoms with Crippen molar-refractivity contribution in [2.24, 2.45) is 0 Å². The number of nitrogens with one attached hydrogen (secondary N) is 2. The summed E-state index contributed by atoms with van der Waals surface area (Å²) in [4.78, 5) is 28.5. The van der Waals surface area contributed by atoms with Crippen LogP contribution in [0, 0.1) is 6.92 Å². The standard InChI is InChI=1S/C28H23N5O2/c1-17(2)28(34)32-21-11-7-20(8-12-21)26-25(27-23(33-26)15-29-16-30-27)19-9-13-22(14-10-19)35-24-6-4-5-18(3)31-24/h4-16,33H,1H2,2-3H3,(H,32,34). The third-order valence-corrected chi connectivity index (χ3v) is 5.51. The molecule has 0 aliphatic carbocycles. The Kier molecular flexibility index (Phi) is 5.81. The Hall–Kier alpha value is -4.78. The van der Waals surface area contributed by atoms with Gasteiger partial charge in [-0.2, -0.15) is 0 Å². The Labute approximate surface area is 202 Å². The highest BCUT2D eigenvalue weighted by Crippen LogP contribution is 2.38. The van der Waals surface area contributed by atoms with Crippen molar-refractivity contribution in [3.8, 4) is 34.0 Å². The zero-order chi connectivity index (χ0) is 24.4. The van der Waals surface area contributed by atoms with Crippen molar-refractivity contribution < 1.29 is 9.53 Å². The van der Waals surface area contributed by atoms with E-state index >= 15 is 0 Å². The van der Waals surface area contributed by atoms with Gasteiger partial charge < -0.3 is 15.0 Å². The number of nitrogens with zero attached hydrogens (tertiary/aromatic N) is 3. The Morgan fingerprint density at radius 3 is 2.46 bits per heavy atom. The minimum absolute atomic E-state index is 0.206. The molecule has 0 aliphatic heterocycles. The summed E-state index contributed by atoms with van der Waals surface area (Å²) in [6.07, 6.45) is 3.30. The van der Waals surface area contributed by atoms with E-state index in [-0.39, 0.29) is 5.91 Å². The van der Waals surface area contributed by atoms with Gasteiger partial charge in [-0.15, -0.1) is 0 Å². The van der Waals surface area contributed by atoms with Gasteiger partial charge in [-0.3, -0.25) is 4.79 Å². The molecule has 1 amide bonds. The lowest BCUT2D eigenvalue weighted by atomic mass is 10.00. The number of aromatic amines is 1. The molecule has 7 heteroatoms. The highest BCUT2D eigenvalue weighted by Gasteiger charge is 2.17. The predicted octanol–water partition coefficient (Wildman–Crippen LogP) is 6.30. The molecule has 0 fully saturated rings. The number of aromatic nitrogens is 4. The zero-order valence-electron chi connectivity index (χ0n) is 19.4. The maximum atomic E-state index is 11.9. The molecule has 2 aromatic carbocycles. The number of carbonyl (C=O) groups is 1. The van der Waals surface area contributed by atoms with Gasteiger partial charge >= 0.3 is 0 Å². The van der Waals surface area contributed by atoms with E-state index < -0.39 is 0 Å². The van der Waals surface area contributed by atoms with E-state index in [1.54, 1.807) is 19.4 Å². The van der Waals surface area contributed by atoms with E-state index in [4.69, 9.17) is 4.74 Å². The summed E-state index contributed by atoms with van der Waals surface area (Å²) in [6.45, 7) is 7.28. The second kappa shape index (κ2) is 9.23. The average Bonchev–Trinajstić information content (AvgIpc) is 3.24. The van der Waals surface area contributed by atoms with Crippen LogP contribution in [0.1, 0.15) is 12.6 Å². The SMILES string of the molecule is C=C(C)C(=O)Nc1ccc(-c2[nH]c3cncnc3c2-c2ccc(Oc3cccc(C)n3)cc2)cc1. The summed E-state index contributed by atoms with van der Waals surface area (Å²) < 4.78 is 5.91. The third kappa shape index (κ3) is 4.65. The Morgan fingerprint density at radius 1 is 1.00 bits per heavy atom. The number of ether oxygens (including phenoxy) is 1. The van der Waals surface area contributed by atoms with Crippen LogP contribution in [0.3, 0.4) is 0 Å². The number of carbonyl (C=O) groups excluding carboxylic acids is 1. The molecule has 35 heavy (non-hydrogen) atoms. The smallest absolute Gasteiger partial charge is 0.250 e. The number of fused-ring (bicyclic) bond motifs is 1. The van der Waals surface area contributed by atoms with Crippen LogP contribution in [-0.4, -0.2) is 25.8 Å². The second-order valence-electron chi connectivity index (χ2n) is 8.22. The van der Waals surface area contributed by atoms with Crippen molar-refractivity contribution in [3.05, 3.63) is 97.1 Å². The number of amides is 1. The first-order valence-electron chi connectivity index (χ1n) is 11.1. The number of anilines is 1. The lowest BCUT2D eigenvalue weighted by Gasteiger charge is -2.09. The van der Waals surface area contributed by atoms with Gasteiger partial charge in [0.05, 0.1) is 22.9 Å². The summed E-state index contributed by atoms with van der Waals surface area (Å²) in [5.41, 5.74) is 7.51. The molecule has 3 heterocycles. The molecule has 2 N–H and O–H groups in total. The molecule has 5 rings (SSSR count). The molecule has 5 aromatic rings. The summed E-state index contributed by atoms with van der Waals surface area (Å²) >= 11 is 0. The van der Waals surface area contributed by atoms with Gasteiger partial charge in [0.1, 0.15) is 12.1 Å². The average molecular weight is 462 g/mol. The highest BCUT2D eigenvalue weighted by atomic mass is 16.5. The Morgan fingerprint density at radius 2 is 1.74 bits per heavy atom. The number of aryl methyl sites for hydroxylation is 1. The molecule has 0 aliphatic rings. The number of H-pyrrole nitrogens is 1. The molecule has 0 saturated heterocycles. The van der Waals surface area contributed by atoms with Crippen LogP contribution in [-0.2, 0) is 4.79 Å². The molecule has 0 atom stereocenters. The molecule has 7 nitrogen and oxygen atoms in total. The number of rotatable bonds is 6. The molecule has 0 unspecified atom stereocenters. The van der Waals surface area contributed by atoms with Crippen molar-refractivity contribution in [2.75, 3.05) is 5.32 Å². The van der Waals surface area contributed by atoms with Crippen LogP contribution in [0.2, 0.25) is 0 Å². The van der Waals surface area contributed by atoms with Gasteiger partial charge in [0, 0.05) is 28.6 Å². The van der Waals surface area contributed by atoms with Crippen LogP contribution >= 0.6 is 0 Å². The van der Waals surface area contributed by atoms with Gasteiger partial charge in [0.2, 0.25) is 5.88 Å². The zero-order valence-corrected chi connectivity index (χ0v) is 19.4. The van der Waals surface area contributed by atoms with E-state index in [0.717, 1.165) is 39.1 Å². The predicted molar refractivity (Wildman–Crippen MR) is 137 cm³/mol. The minimum atomic E-state index is -0.206. The quantitative estimate of drug-likeness (QED) is 0.289. The monoisotopic (exact) mass is 461 g/mol. The molecule has 0 radical (unpaired) electrons. The largest absolute Gasteiger partial charge is 0.439 e. The number of hydrogen-bond donors (Lipinski definition) is 2. The minimum Gasteiger partial charge on any atom is -0.439 e. The second-order valence-corrected chi connectivity index (χ2v) is 8.22. The molecule has 0 saturated carbocycles. The molecule has 0 bridgehead atoms. The summed E-state index contributed by atoms with van der Waals surface area (Å²) in [6, 6.07) is 21.1. The van der Waals surface area contributed by atoms with Crippen molar-refractivity contribution in [1.29, 1.82) is 0 Å². The van der Waals surface area contributed by atoms with Gasteiger partial charge in [0.25, 0.3) is 5.91 Å². The van der Waals surface area contributed by atoms with E-state index in [0.29, 0.717) is 22.9 Å². The van der Waals surface area contributed by atoms with Gasteiger partial charge in [0.15, 0.2) is 0 Å². The first kappa shape index (κ1) is 22.0. The fraction of sp³-hybridized carbons (Fsp3) is 0.0714. The van der Waals surface area contributed by atoms with Crippen molar-refractivity contribution >= 4 is 22.6 Å². The normalized spacial score (nSPS) is 10.8. The first-order valence-corrected chi connectivity index (χ1v) is 11.1. The molecule has 3 aromatic heterocycles. The molecule has 172 valence electrons. The summed E-state index contributed by atoms with van der Waals surface area (Å²) in [7, 11) is 0. The fourth-order valence-corrected chi connectivity index (χ4v) is 3.78. The maximum Gasteiger partial charge on any atom is 0.250 e. The first-order chi connectivity index (χ1) is 17.0. The lowest BCUT2D eigenvalue weighted by molar-refractivity contribution is -0.112. The lowest BCUT2D eigenvalue weighted by Crippen LogP contribution is -2.11. The Bertz CT molecular complexity index is 1540. The van der Waals surface area contributed by atoms with E-state index in [2.05, 4.69) is 31.8 Å². The number of hydrogen-bond acceptors (Lipinski definition) is 5. The van der Waals surface area contributed by atoms with Crippen molar-refractivity contribution in [2.45, 2.75) is 13.8 Å². The molecular formula is C28H23N5O2. The summed E-state index contributed by atoms with van der Waals surface area (Å²) in [5.74, 6) is 1.04. The molecular weight excluding hydrogens is 438 g/mol. The maximum absolute atomic E-state index is 11.9. The van der Waals surface area contributed by atoms with Gasteiger partial charge in [-0.1, -0.05) is 36.9 Å². The van der Waals surface area contributed by atoms with E-state index in [1.807, 2.05) is 73.7 Å². The van der Waals surface area contributed by atoms with E-state index in [9.17, 15) is 4.79 Å². The third-order valence-electron chi connectivity index (χ3n) is 5.51. The van der Waals surface area contributed by atoms with Crippen LogP contribution < -0.4 is 10.1 Å². The number of pyridine rings is 1. The molecule has 0 spiro atoms. The van der Waals surface area contributed by atoms with Gasteiger partial charge in [-0.05, 0) is 55.3 Å². The van der Waals surface area contributed by atoms with Crippen molar-refractivity contribution in [1.82, 2.24) is 19.9 Å². The fourth-order valence-electron chi connectivity index (χ4n) is 3.78. The van der Waals surface area contributed by atoms with Gasteiger partial charge in [-0.25, -0.2) is 15.0 Å².